The lowest BCUT2D eigenvalue weighted by atomic mass is 10.2. The lowest BCUT2D eigenvalue weighted by Gasteiger charge is -2.19. The van der Waals surface area contributed by atoms with E-state index in [9.17, 15) is 9.59 Å². The number of carbonyl (C=O) groups is 2. The summed E-state index contributed by atoms with van der Waals surface area (Å²) in [5.41, 5.74) is 1.07. The van der Waals surface area contributed by atoms with Crippen LogP contribution >= 0.6 is 0 Å². The largest absolute Gasteiger partial charge is 0.497 e. The normalized spacial score (nSPS) is 11.0. The second-order valence-corrected chi connectivity index (χ2v) is 6.98. The second kappa shape index (κ2) is 9.07. The van der Waals surface area contributed by atoms with Gasteiger partial charge in [-0.1, -0.05) is 12.1 Å². The number of rotatable bonds is 7. The van der Waals surface area contributed by atoms with Gasteiger partial charge < -0.3 is 20.1 Å². The zero-order chi connectivity index (χ0) is 19.9. The molecule has 0 saturated heterocycles. The standard InChI is InChI=1S/C19H26N4O4/c1-19(2,3)27-18(25)21-12-15-9-10-23(22-15)13-17(24)20-11-14-5-7-16(26-4)8-6-14/h5-10H,11-13H2,1-4H3,(H,20,24)(H,21,25). The highest BCUT2D eigenvalue weighted by molar-refractivity contribution is 5.75. The van der Waals surface area contributed by atoms with Crippen LogP contribution in [-0.2, 0) is 29.2 Å². The van der Waals surface area contributed by atoms with Crippen molar-refractivity contribution in [2.45, 2.75) is 46.0 Å². The number of nitrogens with one attached hydrogen (secondary N) is 2. The van der Waals surface area contributed by atoms with Crippen molar-refractivity contribution in [2.24, 2.45) is 0 Å². The molecule has 0 aliphatic heterocycles. The molecule has 0 atom stereocenters. The number of benzene rings is 1. The fourth-order valence-electron chi connectivity index (χ4n) is 2.21. The number of hydrogen-bond acceptors (Lipinski definition) is 5. The van der Waals surface area contributed by atoms with E-state index in [0.29, 0.717) is 12.2 Å². The van der Waals surface area contributed by atoms with Crippen LogP contribution in [0.1, 0.15) is 32.0 Å². The SMILES string of the molecule is COc1ccc(CNC(=O)Cn2ccc(CNC(=O)OC(C)(C)C)n2)cc1. The summed E-state index contributed by atoms with van der Waals surface area (Å²) in [6.45, 7) is 6.15. The van der Waals surface area contributed by atoms with Crippen LogP contribution in [-0.4, -0.2) is 34.5 Å². The van der Waals surface area contributed by atoms with Crippen molar-refractivity contribution in [2.75, 3.05) is 7.11 Å². The molecule has 1 heterocycles. The minimum absolute atomic E-state index is 0.0998. The van der Waals surface area contributed by atoms with Crippen molar-refractivity contribution in [3.8, 4) is 5.75 Å². The third-order valence-electron chi connectivity index (χ3n) is 3.46. The molecule has 0 unspecified atom stereocenters. The van der Waals surface area contributed by atoms with E-state index in [4.69, 9.17) is 9.47 Å². The molecular weight excluding hydrogens is 348 g/mol. The minimum Gasteiger partial charge on any atom is -0.497 e. The molecule has 27 heavy (non-hydrogen) atoms. The number of ether oxygens (including phenoxy) is 2. The summed E-state index contributed by atoms with van der Waals surface area (Å²) in [4.78, 5) is 23.7. The molecule has 0 saturated carbocycles. The number of carbonyl (C=O) groups excluding carboxylic acids is 2. The number of aromatic nitrogens is 2. The first-order valence-electron chi connectivity index (χ1n) is 8.64. The summed E-state index contributed by atoms with van der Waals surface area (Å²) in [5, 5.41) is 9.74. The number of hydrogen-bond donors (Lipinski definition) is 2. The van der Waals surface area contributed by atoms with Crippen molar-refractivity contribution in [1.82, 2.24) is 20.4 Å². The number of amides is 2. The predicted octanol–water partition coefficient (Wildman–Crippen LogP) is 2.23. The van der Waals surface area contributed by atoms with E-state index in [-0.39, 0.29) is 19.0 Å². The maximum absolute atomic E-state index is 12.1. The molecule has 2 aromatic rings. The monoisotopic (exact) mass is 374 g/mol. The van der Waals surface area contributed by atoms with Crippen LogP contribution in [0.2, 0.25) is 0 Å². The van der Waals surface area contributed by atoms with Crippen LogP contribution in [0.25, 0.3) is 0 Å². The van der Waals surface area contributed by atoms with E-state index in [1.807, 2.05) is 24.3 Å². The van der Waals surface area contributed by atoms with E-state index in [1.54, 1.807) is 40.1 Å². The average Bonchev–Trinajstić information content (AvgIpc) is 3.04. The van der Waals surface area contributed by atoms with Gasteiger partial charge in [0.25, 0.3) is 0 Å². The highest BCUT2D eigenvalue weighted by atomic mass is 16.6. The highest BCUT2D eigenvalue weighted by Gasteiger charge is 2.16. The zero-order valence-electron chi connectivity index (χ0n) is 16.1. The van der Waals surface area contributed by atoms with Gasteiger partial charge in [-0.25, -0.2) is 4.79 Å². The number of methoxy groups -OCH3 is 1. The molecule has 0 fully saturated rings. The first kappa shape index (κ1) is 20.3. The third-order valence-corrected chi connectivity index (χ3v) is 3.46. The number of alkyl carbamates (subject to hydrolysis) is 1. The van der Waals surface area contributed by atoms with Gasteiger partial charge in [-0.15, -0.1) is 0 Å². The van der Waals surface area contributed by atoms with E-state index < -0.39 is 11.7 Å². The van der Waals surface area contributed by atoms with Gasteiger partial charge in [0.1, 0.15) is 17.9 Å². The molecule has 8 heteroatoms. The van der Waals surface area contributed by atoms with Gasteiger partial charge >= 0.3 is 6.09 Å². The third kappa shape index (κ3) is 7.39. The zero-order valence-corrected chi connectivity index (χ0v) is 16.1. The average molecular weight is 374 g/mol. The van der Waals surface area contributed by atoms with Crippen molar-refractivity contribution < 1.29 is 19.1 Å². The first-order valence-corrected chi connectivity index (χ1v) is 8.64. The van der Waals surface area contributed by atoms with Crippen LogP contribution < -0.4 is 15.4 Å². The van der Waals surface area contributed by atoms with Gasteiger partial charge in [0.15, 0.2) is 0 Å². The Morgan fingerprint density at radius 2 is 1.78 bits per heavy atom. The van der Waals surface area contributed by atoms with Gasteiger partial charge in [0.05, 0.1) is 19.3 Å². The molecule has 0 spiro atoms. The Bertz CT molecular complexity index is 763. The summed E-state index contributed by atoms with van der Waals surface area (Å²) >= 11 is 0. The summed E-state index contributed by atoms with van der Waals surface area (Å²) in [7, 11) is 1.61. The van der Waals surface area contributed by atoms with E-state index >= 15 is 0 Å². The van der Waals surface area contributed by atoms with Crippen molar-refractivity contribution in [3.05, 3.63) is 47.8 Å². The molecular formula is C19H26N4O4. The Kier molecular flexibility index (Phi) is 6.81. The van der Waals surface area contributed by atoms with Crippen molar-refractivity contribution in [1.29, 1.82) is 0 Å². The Labute approximate surface area is 158 Å². The van der Waals surface area contributed by atoms with Gasteiger partial charge in [0, 0.05) is 12.7 Å². The van der Waals surface area contributed by atoms with Crippen LogP contribution in [0.4, 0.5) is 4.79 Å². The molecule has 0 radical (unpaired) electrons. The van der Waals surface area contributed by atoms with Crippen LogP contribution in [0.5, 0.6) is 5.75 Å². The molecule has 146 valence electrons. The van der Waals surface area contributed by atoms with Gasteiger partial charge in [0.2, 0.25) is 5.91 Å². The Morgan fingerprint density at radius 1 is 1.07 bits per heavy atom. The van der Waals surface area contributed by atoms with Gasteiger partial charge in [-0.3, -0.25) is 9.48 Å². The predicted molar refractivity (Wildman–Crippen MR) is 100 cm³/mol. The Balaban J connectivity index is 1.75. The Morgan fingerprint density at radius 3 is 2.41 bits per heavy atom. The van der Waals surface area contributed by atoms with Gasteiger partial charge in [-0.05, 0) is 44.5 Å². The fraction of sp³-hybridized carbons (Fsp3) is 0.421. The maximum atomic E-state index is 12.1. The summed E-state index contributed by atoms with van der Waals surface area (Å²) < 4.78 is 11.8. The number of nitrogens with zero attached hydrogens (tertiary/aromatic N) is 2. The van der Waals surface area contributed by atoms with E-state index in [1.165, 1.54) is 4.68 Å². The first-order chi connectivity index (χ1) is 12.7. The summed E-state index contributed by atoms with van der Waals surface area (Å²) in [6.07, 6.45) is 1.19. The molecule has 2 rings (SSSR count). The molecule has 0 aliphatic carbocycles. The van der Waals surface area contributed by atoms with Crippen molar-refractivity contribution in [3.63, 3.8) is 0 Å². The van der Waals surface area contributed by atoms with Gasteiger partial charge in [-0.2, -0.15) is 5.10 Å². The molecule has 8 nitrogen and oxygen atoms in total. The topological polar surface area (TPSA) is 94.5 Å². The molecule has 2 amide bonds. The van der Waals surface area contributed by atoms with E-state index in [2.05, 4.69) is 15.7 Å². The van der Waals surface area contributed by atoms with Crippen LogP contribution in [0.3, 0.4) is 0 Å². The lowest BCUT2D eigenvalue weighted by molar-refractivity contribution is -0.122. The smallest absolute Gasteiger partial charge is 0.407 e. The summed E-state index contributed by atoms with van der Waals surface area (Å²) in [5.74, 6) is 0.620. The van der Waals surface area contributed by atoms with Crippen LogP contribution in [0, 0.1) is 0 Å². The minimum atomic E-state index is -0.550. The molecule has 0 aliphatic rings. The summed E-state index contributed by atoms with van der Waals surface area (Å²) in [6, 6.07) is 9.23. The van der Waals surface area contributed by atoms with Crippen molar-refractivity contribution >= 4 is 12.0 Å². The highest BCUT2D eigenvalue weighted by Crippen LogP contribution is 2.11. The maximum Gasteiger partial charge on any atom is 0.407 e. The Hall–Kier alpha value is -3.03. The second-order valence-electron chi connectivity index (χ2n) is 6.98. The van der Waals surface area contributed by atoms with E-state index in [0.717, 1.165) is 11.3 Å². The lowest BCUT2D eigenvalue weighted by Crippen LogP contribution is -2.32. The molecule has 0 bridgehead atoms. The fourth-order valence-corrected chi connectivity index (χ4v) is 2.21. The molecule has 2 N–H and O–H groups in total. The quantitative estimate of drug-likeness (QED) is 0.775. The molecule has 1 aromatic carbocycles. The van der Waals surface area contributed by atoms with Crippen LogP contribution in [0.15, 0.2) is 36.5 Å². The molecule has 1 aromatic heterocycles.